The number of rotatable bonds is 6. The molecule has 25 heavy (non-hydrogen) atoms. The minimum Gasteiger partial charge on any atom is -0.350 e. The second-order valence-electron chi connectivity index (χ2n) is 5.72. The Morgan fingerprint density at radius 2 is 2.00 bits per heavy atom. The molecule has 0 aliphatic rings. The van der Waals surface area contributed by atoms with Crippen LogP contribution in [0.4, 0.5) is 4.39 Å². The van der Waals surface area contributed by atoms with Crippen molar-refractivity contribution in [3.05, 3.63) is 71.9 Å². The lowest BCUT2D eigenvalue weighted by Crippen LogP contribution is -2.26. The molecule has 3 aromatic rings. The first kappa shape index (κ1) is 16.8. The highest BCUT2D eigenvalue weighted by Gasteiger charge is 2.13. The van der Waals surface area contributed by atoms with E-state index in [-0.39, 0.29) is 24.2 Å². The van der Waals surface area contributed by atoms with Crippen LogP contribution in [-0.2, 0) is 11.2 Å². The Bertz CT molecular complexity index is 849. The third-order valence-electron chi connectivity index (χ3n) is 3.79. The van der Waals surface area contributed by atoms with Gasteiger partial charge in [-0.2, -0.15) is 4.98 Å². The number of aromatic nitrogens is 2. The van der Waals surface area contributed by atoms with Gasteiger partial charge in [-0.05, 0) is 24.6 Å². The van der Waals surface area contributed by atoms with Crippen LogP contribution < -0.4 is 5.32 Å². The maximum atomic E-state index is 13.2. The molecule has 0 bridgehead atoms. The number of hydrogen-bond acceptors (Lipinski definition) is 4. The van der Waals surface area contributed by atoms with Crippen LogP contribution in [0.3, 0.4) is 0 Å². The van der Waals surface area contributed by atoms with Crippen molar-refractivity contribution in [2.45, 2.75) is 25.8 Å². The van der Waals surface area contributed by atoms with Crippen molar-refractivity contribution in [1.29, 1.82) is 0 Å². The zero-order chi connectivity index (χ0) is 17.6. The van der Waals surface area contributed by atoms with Crippen LogP contribution in [0.1, 0.15) is 30.8 Å². The van der Waals surface area contributed by atoms with Gasteiger partial charge in [0.25, 0.3) is 0 Å². The van der Waals surface area contributed by atoms with E-state index in [1.807, 2.05) is 37.3 Å². The fourth-order valence-electron chi connectivity index (χ4n) is 2.46. The molecule has 0 saturated carbocycles. The van der Waals surface area contributed by atoms with Crippen molar-refractivity contribution in [3.63, 3.8) is 0 Å². The highest BCUT2D eigenvalue weighted by atomic mass is 19.1. The lowest BCUT2D eigenvalue weighted by Gasteiger charge is -2.13. The number of carbonyl (C=O) groups is 1. The number of aryl methyl sites for hydroxylation is 1. The Hall–Kier alpha value is -3.02. The molecular formula is C19H18FN3O2. The van der Waals surface area contributed by atoms with Gasteiger partial charge >= 0.3 is 0 Å². The van der Waals surface area contributed by atoms with E-state index in [1.54, 1.807) is 12.1 Å². The van der Waals surface area contributed by atoms with Crippen molar-refractivity contribution < 1.29 is 13.7 Å². The predicted molar refractivity (Wildman–Crippen MR) is 91.0 cm³/mol. The van der Waals surface area contributed by atoms with Crippen LogP contribution in [0.15, 0.2) is 59.1 Å². The zero-order valence-corrected chi connectivity index (χ0v) is 13.8. The van der Waals surface area contributed by atoms with Crippen LogP contribution in [-0.4, -0.2) is 16.0 Å². The third kappa shape index (κ3) is 4.50. The fraction of sp³-hybridized carbons (Fsp3) is 0.211. The Morgan fingerprint density at radius 3 is 2.76 bits per heavy atom. The van der Waals surface area contributed by atoms with E-state index in [2.05, 4.69) is 15.5 Å². The Labute approximate surface area is 144 Å². The Kier molecular flexibility index (Phi) is 5.18. The summed E-state index contributed by atoms with van der Waals surface area (Å²) in [6.45, 7) is 1.93. The lowest BCUT2D eigenvalue weighted by atomic mass is 10.1. The molecule has 0 saturated heterocycles. The van der Waals surface area contributed by atoms with Gasteiger partial charge in [0, 0.05) is 18.4 Å². The van der Waals surface area contributed by atoms with Gasteiger partial charge in [0.2, 0.25) is 17.6 Å². The van der Waals surface area contributed by atoms with Crippen LogP contribution in [0.25, 0.3) is 11.4 Å². The first-order valence-electron chi connectivity index (χ1n) is 8.04. The second-order valence-corrected chi connectivity index (χ2v) is 5.72. The lowest BCUT2D eigenvalue weighted by molar-refractivity contribution is -0.121. The average molecular weight is 339 g/mol. The summed E-state index contributed by atoms with van der Waals surface area (Å²) < 4.78 is 18.4. The van der Waals surface area contributed by atoms with E-state index < -0.39 is 0 Å². The van der Waals surface area contributed by atoms with Gasteiger partial charge < -0.3 is 9.84 Å². The summed E-state index contributed by atoms with van der Waals surface area (Å²) in [5, 5.41) is 6.76. The maximum absolute atomic E-state index is 13.2. The SMILES string of the molecule is C[C@H](NC(=O)CCc1nc(-c2cccc(F)c2)no1)c1ccccc1. The normalized spacial score (nSPS) is 11.9. The molecule has 0 unspecified atom stereocenters. The number of carbonyl (C=O) groups excluding carboxylic acids is 1. The summed E-state index contributed by atoms with van der Waals surface area (Å²) in [5.74, 6) is 0.203. The molecule has 0 spiro atoms. The Balaban J connectivity index is 1.54. The van der Waals surface area contributed by atoms with Crippen LogP contribution in [0, 0.1) is 5.82 Å². The number of halogens is 1. The van der Waals surface area contributed by atoms with Crippen molar-refractivity contribution in [1.82, 2.24) is 15.5 Å². The molecule has 5 nitrogen and oxygen atoms in total. The van der Waals surface area contributed by atoms with Gasteiger partial charge in [-0.3, -0.25) is 4.79 Å². The predicted octanol–water partition coefficient (Wildman–Crippen LogP) is 3.69. The van der Waals surface area contributed by atoms with E-state index in [0.717, 1.165) is 5.56 Å². The number of nitrogens with one attached hydrogen (secondary N) is 1. The number of nitrogens with zero attached hydrogens (tertiary/aromatic N) is 2. The Morgan fingerprint density at radius 1 is 1.20 bits per heavy atom. The van der Waals surface area contributed by atoms with Gasteiger partial charge in [0.15, 0.2) is 0 Å². The van der Waals surface area contributed by atoms with Gasteiger partial charge in [-0.1, -0.05) is 47.6 Å². The van der Waals surface area contributed by atoms with Crippen molar-refractivity contribution in [3.8, 4) is 11.4 Å². The fourth-order valence-corrected chi connectivity index (χ4v) is 2.46. The summed E-state index contributed by atoms with van der Waals surface area (Å²) in [6, 6.07) is 15.6. The molecule has 1 atom stereocenters. The summed E-state index contributed by atoms with van der Waals surface area (Å²) in [7, 11) is 0. The first-order chi connectivity index (χ1) is 12.1. The molecule has 0 fully saturated rings. The topological polar surface area (TPSA) is 68.0 Å². The van der Waals surface area contributed by atoms with E-state index in [9.17, 15) is 9.18 Å². The minimum absolute atomic E-state index is 0.0701. The molecule has 1 amide bonds. The molecule has 1 N–H and O–H groups in total. The highest BCUT2D eigenvalue weighted by molar-refractivity contribution is 5.76. The molecule has 128 valence electrons. The van der Waals surface area contributed by atoms with Crippen molar-refractivity contribution >= 4 is 5.91 Å². The number of amides is 1. The molecule has 1 heterocycles. The quantitative estimate of drug-likeness (QED) is 0.744. The van der Waals surface area contributed by atoms with Gasteiger partial charge in [0.1, 0.15) is 5.82 Å². The summed E-state index contributed by atoms with van der Waals surface area (Å²) in [6.07, 6.45) is 0.567. The smallest absolute Gasteiger partial charge is 0.227 e. The van der Waals surface area contributed by atoms with Crippen molar-refractivity contribution in [2.24, 2.45) is 0 Å². The van der Waals surface area contributed by atoms with Crippen LogP contribution in [0.5, 0.6) is 0 Å². The number of hydrogen-bond donors (Lipinski definition) is 1. The average Bonchev–Trinajstić information content (AvgIpc) is 3.10. The summed E-state index contributed by atoms with van der Waals surface area (Å²) in [4.78, 5) is 16.3. The first-order valence-corrected chi connectivity index (χ1v) is 8.04. The molecular weight excluding hydrogens is 321 g/mol. The van der Waals surface area contributed by atoms with Crippen LogP contribution >= 0.6 is 0 Å². The summed E-state index contributed by atoms with van der Waals surface area (Å²) >= 11 is 0. The van der Waals surface area contributed by atoms with E-state index >= 15 is 0 Å². The highest BCUT2D eigenvalue weighted by Crippen LogP contribution is 2.17. The monoisotopic (exact) mass is 339 g/mol. The number of benzene rings is 2. The molecule has 2 aromatic carbocycles. The van der Waals surface area contributed by atoms with Crippen molar-refractivity contribution in [2.75, 3.05) is 0 Å². The third-order valence-corrected chi connectivity index (χ3v) is 3.79. The molecule has 0 radical (unpaired) electrons. The molecule has 6 heteroatoms. The summed E-state index contributed by atoms with van der Waals surface area (Å²) in [5.41, 5.74) is 1.58. The van der Waals surface area contributed by atoms with Gasteiger partial charge in [-0.15, -0.1) is 0 Å². The zero-order valence-electron chi connectivity index (χ0n) is 13.8. The van der Waals surface area contributed by atoms with E-state index in [4.69, 9.17) is 4.52 Å². The second kappa shape index (κ2) is 7.70. The molecule has 0 aliphatic heterocycles. The standard InChI is InChI=1S/C19H18FN3O2/c1-13(14-6-3-2-4-7-14)21-17(24)10-11-18-22-19(23-25-18)15-8-5-9-16(20)12-15/h2-9,12-13H,10-11H2,1H3,(H,21,24)/t13-/m0/s1. The minimum atomic E-state index is -0.363. The van der Waals surface area contributed by atoms with Gasteiger partial charge in [0.05, 0.1) is 6.04 Å². The van der Waals surface area contributed by atoms with Crippen LogP contribution in [0.2, 0.25) is 0 Å². The molecule has 0 aliphatic carbocycles. The van der Waals surface area contributed by atoms with E-state index in [0.29, 0.717) is 23.7 Å². The van der Waals surface area contributed by atoms with E-state index in [1.165, 1.54) is 12.1 Å². The van der Waals surface area contributed by atoms with Gasteiger partial charge in [-0.25, -0.2) is 4.39 Å². The molecule has 3 rings (SSSR count). The largest absolute Gasteiger partial charge is 0.350 e. The maximum Gasteiger partial charge on any atom is 0.227 e. The molecule has 1 aromatic heterocycles.